The smallest absolute Gasteiger partial charge is 0.319 e. The van der Waals surface area contributed by atoms with Gasteiger partial charge < -0.3 is 25.0 Å². The molecular formula is C25H33N5O5S. The topological polar surface area (TPSA) is 123 Å². The summed E-state index contributed by atoms with van der Waals surface area (Å²) in [6.07, 6.45) is 4.01. The summed E-state index contributed by atoms with van der Waals surface area (Å²) in [6, 6.07) is 9.26. The van der Waals surface area contributed by atoms with E-state index in [9.17, 15) is 13.2 Å². The van der Waals surface area contributed by atoms with Crippen LogP contribution in [-0.4, -0.2) is 75.7 Å². The molecule has 10 nitrogen and oxygen atoms in total. The van der Waals surface area contributed by atoms with E-state index in [1.165, 1.54) is 6.26 Å². The summed E-state index contributed by atoms with van der Waals surface area (Å²) < 4.78 is 36.3. The number of carbonyl (C=O) groups is 1. The molecule has 1 saturated carbocycles. The number of aromatic nitrogens is 2. The Morgan fingerprint density at radius 3 is 2.44 bits per heavy atom. The molecule has 36 heavy (non-hydrogen) atoms. The molecule has 1 atom stereocenters. The molecule has 3 heterocycles. The number of sulfone groups is 1. The van der Waals surface area contributed by atoms with Crippen LogP contribution in [0.3, 0.4) is 0 Å². The maximum Gasteiger partial charge on any atom is 0.319 e. The van der Waals surface area contributed by atoms with Crippen LogP contribution in [0, 0.1) is 0 Å². The van der Waals surface area contributed by atoms with Crippen LogP contribution in [0.4, 0.5) is 16.3 Å². The van der Waals surface area contributed by atoms with Crippen molar-refractivity contribution in [1.29, 1.82) is 0 Å². The SMILES string of the molecule is C[C@H]1COCCN1c1cc(C2(S(C)(=O)=O)CCOCC2)nc(-c2ccc(NC(=O)NC3CC3)cc2)n1. The van der Waals surface area contributed by atoms with E-state index in [-0.39, 0.29) is 18.1 Å². The number of benzene rings is 1. The van der Waals surface area contributed by atoms with Gasteiger partial charge in [-0.1, -0.05) is 0 Å². The predicted molar refractivity (Wildman–Crippen MR) is 137 cm³/mol. The van der Waals surface area contributed by atoms with Crippen molar-refractivity contribution in [2.45, 2.75) is 49.4 Å². The molecule has 1 aromatic carbocycles. The number of nitrogens with zero attached hydrogens (tertiary/aromatic N) is 3. The van der Waals surface area contributed by atoms with Crippen molar-refractivity contribution >= 4 is 27.4 Å². The number of hydrogen-bond acceptors (Lipinski definition) is 8. The van der Waals surface area contributed by atoms with E-state index in [4.69, 9.17) is 19.4 Å². The summed E-state index contributed by atoms with van der Waals surface area (Å²) in [6.45, 7) is 4.59. The third-order valence-electron chi connectivity index (χ3n) is 7.17. The van der Waals surface area contributed by atoms with Gasteiger partial charge in [0.2, 0.25) is 0 Å². The highest BCUT2D eigenvalue weighted by molar-refractivity contribution is 7.91. The summed E-state index contributed by atoms with van der Waals surface area (Å²) in [5.41, 5.74) is 1.90. The van der Waals surface area contributed by atoms with E-state index in [0.717, 1.165) is 18.4 Å². The molecule has 2 aliphatic heterocycles. The van der Waals surface area contributed by atoms with Crippen LogP contribution >= 0.6 is 0 Å². The fourth-order valence-corrected chi connectivity index (χ4v) is 6.21. The molecular weight excluding hydrogens is 482 g/mol. The molecule has 2 aromatic rings. The van der Waals surface area contributed by atoms with Gasteiger partial charge in [0.05, 0.1) is 24.9 Å². The van der Waals surface area contributed by atoms with Crippen LogP contribution in [0.15, 0.2) is 30.3 Å². The Labute approximate surface area is 211 Å². The van der Waals surface area contributed by atoms with Gasteiger partial charge in [-0.25, -0.2) is 23.2 Å². The lowest BCUT2D eigenvalue weighted by Crippen LogP contribution is -2.45. The molecule has 2 N–H and O–H groups in total. The second-order valence-corrected chi connectivity index (χ2v) is 12.2. The zero-order chi connectivity index (χ0) is 25.3. The Kier molecular flexibility index (Phi) is 6.88. The van der Waals surface area contributed by atoms with Crippen LogP contribution in [-0.2, 0) is 24.1 Å². The van der Waals surface area contributed by atoms with Crippen LogP contribution in [0.1, 0.15) is 38.3 Å². The minimum atomic E-state index is -3.49. The van der Waals surface area contributed by atoms with Crippen molar-refractivity contribution in [3.05, 3.63) is 36.0 Å². The molecule has 194 valence electrons. The number of carbonyl (C=O) groups excluding carboxylic acids is 1. The molecule has 0 unspecified atom stereocenters. The fraction of sp³-hybridized carbons (Fsp3) is 0.560. The lowest BCUT2D eigenvalue weighted by Gasteiger charge is -2.37. The monoisotopic (exact) mass is 515 g/mol. The first-order valence-corrected chi connectivity index (χ1v) is 14.3. The van der Waals surface area contributed by atoms with Crippen LogP contribution < -0.4 is 15.5 Å². The normalized spacial score (nSPS) is 22.2. The number of amides is 2. The van der Waals surface area contributed by atoms with E-state index in [2.05, 4.69) is 22.5 Å². The Morgan fingerprint density at radius 1 is 1.08 bits per heavy atom. The number of anilines is 2. The van der Waals surface area contributed by atoms with Gasteiger partial charge in [0.15, 0.2) is 15.7 Å². The predicted octanol–water partition coefficient (Wildman–Crippen LogP) is 2.70. The largest absolute Gasteiger partial charge is 0.381 e. The Bertz CT molecular complexity index is 1210. The highest BCUT2D eigenvalue weighted by atomic mass is 32.2. The number of morpholine rings is 1. The second kappa shape index (κ2) is 9.95. The van der Waals surface area contributed by atoms with Crippen LogP contribution in [0.5, 0.6) is 0 Å². The summed E-state index contributed by atoms with van der Waals surface area (Å²) >= 11 is 0. The van der Waals surface area contributed by atoms with Gasteiger partial charge in [0.1, 0.15) is 10.6 Å². The van der Waals surface area contributed by atoms with Crippen molar-refractivity contribution in [3.63, 3.8) is 0 Å². The van der Waals surface area contributed by atoms with Crippen LogP contribution in [0.25, 0.3) is 11.4 Å². The lowest BCUT2D eigenvalue weighted by molar-refractivity contribution is 0.0731. The van der Waals surface area contributed by atoms with E-state index < -0.39 is 14.6 Å². The molecule has 0 bridgehead atoms. The van der Waals surface area contributed by atoms with Gasteiger partial charge in [0.25, 0.3) is 0 Å². The molecule has 0 spiro atoms. The summed E-state index contributed by atoms with van der Waals surface area (Å²) in [7, 11) is -3.49. The van der Waals surface area contributed by atoms with Gasteiger partial charge in [-0.05, 0) is 56.9 Å². The minimum absolute atomic E-state index is 0.0924. The van der Waals surface area contributed by atoms with E-state index in [0.29, 0.717) is 68.8 Å². The van der Waals surface area contributed by atoms with E-state index in [1.54, 1.807) is 12.1 Å². The average Bonchev–Trinajstić information content (AvgIpc) is 3.68. The molecule has 3 aliphatic rings. The van der Waals surface area contributed by atoms with Crippen molar-refractivity contribution < 1.29 is 22.7 Å². The summed E-state index contributed by atoms with van der Waals surface area (Å²) in [4.78, 5) is 23.9. The highest BCUT2D eigenvalue weighted by Gasteiger charge is 2.46. The molecule has 2 saturated heterocycles. The maximum atomic E-state index is 13.1. The minimum Gasteiger partial charge on any atom is -0.381 e. The van der Waals surface area contributed by atoms with Crippen molar-refractivity contribution in [3.8, 4) is 11.4 Å². The first-order chi connectivity index (χ1) is 17.2. The number of nitrogens with one attached hydrogen (secondary N) is 2. The third-order valence-corrected chi connectivity index (χ3v) is 9.20. The Balaban J connectivity index is 1.52. The zero-order valence-electron chi connectivity index (χ0n) is 20.7. The molecule has 11 heteroatoms. The zero-order valence-corrected chi connectivity index (χ0v) is 21.5. The highest BCUT2D eigenvalue weighted by Crippen LogP contribution is 2.40. The van der Waals surface area contributed by atoms with Gasteiger partial charge >= 0.3 is 6.03 Å². The first-order valence-electron chi connectivity index (χ1n) is 12.4. The maximum absolute atomic E-state index is 13.1. The van der Waals surface area contributed by atoms with Crippen molar-refractivity contribution in [2.24, 2.45) is 0 Å². The molecule has 1 aromatic heterocycles. The van der Waals surface area contributed by atoms with E-state index >= 15 is 0 Å². The quantitative estimate of drug-likeness (QED) is 0.602. The molecule has 1 aliphatic carbocycles. The Morgan fingerprint density at radius 2 is 1.81 bits per heavy atom. The van der Waals surface area contributed by atoms with Gasteiger partial charge in [-0.3, -0.25) is 0 Å². The number of ether oxygens (including phenoxy) is 2. The number of hydrogen-bond donors (Lipinski definition) is 2. The molecule has 2 amide bonds. The fourth-order valence-electron chi connectivity index (χ4n) is 4.81. The molecule has 0 radical (unpaired) electrons. The molecule has 3 fully saturated rings. The van der Waals surface area contributed by atoms with Crippen molar-refractivity contribution in [2.75, 3.05) is 49.4 Å². The first kappa shape index (κ1) is 24.9. The van der Waals surface area contributed by atoms with Gasteiger partial charge in [-0.15, -0.1) is 0 Å². The lowest BCUT2D eigenvalue weighted by atomic mass is 9.94. The average molecular weight is 516 g/mol. The molecule has 5 rings (SSSR count). The van der Waals surface area contributed by atoms with Crippen molar-refractivity contribution in [1.82, 2.24) is 15.3 Å². The summed E-state index contributed by atoms with van der Waals surface area (Å²) in [5.74, 6) is 1.14. The summed E-state index contributed by atoms with van der Waals surface area (Å²) in [5, 5.41) is 5.74. The second-order valence-electron chi connectivity index (χ2n) is 9.88. The number of urea groups is 1. The third kappa shape index (κ3) is 5.18. The standard InChI is InChI=1S/C25H33N5O5S/c1-17-16-35-14-11-30(17)22-15-21(25(36(2,32)33)9-12-34-13-10-25)28-23(29-22)18-3-5-19(6-4-18)26-24(31)27-20-7-8-20/h3-6,15,17,20H,7-14,16H2,1-2H3,(H2,26,27,31)/t17-/m0/s1. The Hall–Kier alpha value is -2.76. The number of rotatable bonds is 6. The van der Waals surface area contributed by atoms with Gasteiger partial charge in [0, 0.05) is 49.4 Å². The van der Waals surface area contributed by atoms with Crippen LogP contribution in [0.2, 0.25) is 0 Å². The van der Waals surface area contributed by atoms with Gasteiger partial charge in [-0.2, -0.15) is 0 Å². The van der Waals surface area contributed by atoms with E-state index in [1.807, 2.05) is 18.2 Å².